The molecule has 38 heavy (non-hydrogen) atoms. The van der Waals surface area contributed by atoms with E-state index < -0.39 is 10.0 Å². The zero-order valence-electron chi connectivity index (χ0n) is 21.2. The Bertz CT molecular complexity index is 1320. The molecule has 1 unspecified atom stereocenters. The van der Waals surface area contributed by atoms with Crippen LogP contribution in [0.5, 0.6) is 11.5 Å². The summed E-state index contributed by atoms with van der Waals surface area (Å²) in [6.45, 7) is 0.859. The zero-order valence-corrected chi connectivity index (χ0v) is 22.0. The number of sulfonamides is 1. The number of benzene rings is 2. The van der Waals surface area contributed by atoms with E-state index in [4.69, 9.17) is 21.0 Å². The Hall–Kier alpha value is -3.54. The fraction of sp³-hybridized carbons (Fsp3) is 0.370. The number of hydrogen-bond acceptors (Lipinski definition) is 9. The number of nitrogen functional groups attached to an aromatic ring is 1. The summed E-state index contributed by atoms with van der Waals surface area (Å²) in [5, 5.41) is 21.1. The molecule has 0 aliphatic carbocycles. The summed E-state index contributed by atoms with van der Waals surface area (Å²) >= 11 is 0. The van der Waals surface area contributed by atoms with Gasteiger partial charge in [-0.1, -0.05) is 24.6 Å². The predicted molar refractivity (Wildman–Crippen MR) is 148 cm³/mol. The lowest BCUT2D eigenvalue weighted by Gasteiger charge is -2.33. The maximum Gasteiger partial charge on any atom is 0.214 e. The number of nitrogens with zero attached hydrogens (tertiary/aromatic N) is 3. The largest absolute Gasteiger partial charge is 0.457 e. The minimum absolute atomic E-state index is 0.0695. The molecule has 1 aliphatic heterocycles. The molecule has 1 fully saturated rings. The van der Waals surface area contributed by atoms with Gasteiger partial charge in [-0.25, -0.2) is 18.4 Å². The first-order chi connectivity index (χ1) is 18.4. The van der Waals surface area contributed by atoms with Crippen molar-refractivity contribution in [1.29, 1.82) is 5.41 Å². The van der Waals surface area contributed by atoms with Gasteiger partial charge in [-0.05, 0) is 62.1 Å². The first-order valence-electron chi connectivity index (χ1n) is 12.8. The first kappa shape index (κ1) is 27.5. The fourth-order valence-electron chi connectivity index (χ4n) is 4.42. The number of nitrogens with one attached hydrogen (secondary N) is 2. The number of nitrogens with two attached hydrogens (primary N) is 1. The van der Waals surface area contributed by atoms with E-state index in [2.05, 4.69) is 15.3 Å². The zero-order chi connectivity index (χ0) is 27.0. The summed E-state index contributed by atoms with van der Waals surface area (Å²) in [7, 11) is -3.39. The second kappa shape index (κ2) is 12.8. The Kier molecular flexibility index (Phi) is 9.27. The van der Waals surface area contributed by atoms with E-state index in [1.165, 1.54) is 10.6 Å². The molecule has 4 rings (SSSR count). The molecule has 1 saturated heterocycles. The number of unbranched alkanes of at least 4 members (excludes halogenated alkanes) is 2. The van der Waals surface area contributed by atoms with Gasteiger partial charge in [0.15, 0.2) is 0 Å². The summed E-state index contributed by atoms with van der Waals surface area (Å²) in [6, 6.07) is 16.4. The lowest BCUT2D eigenvalue weighted by atomic mass is 10.0. The summed E-state index contributed by atoms with van der Waals surface area (Å²) in [5.74, 6) is 2.00. The minimum atomic E-state index is -3.39. The molecule has 202 valence electrons. The van der Waals surface area contributed by atoms with Crippen molar-refractivity contribution in [2.45, 2.75) is 38.1 Å². The third kappa shape index (κ3) is 7.06. The van der Waals surface area contributed by atoms with Crippen molar-refractivity contribution in [2.24, 2.45) is 0 Å². The van der Waals surface area contributed by atoms with Crippen LogP contribution < -0.4 is 15.8 Å². The maximum absolute atomic E-state index is 12.8. The second-order valence-electron chi connectivity index (χ2n) is 9.24. The first-order valence-corrected chi connectivity index (χ1v) is 14.4. The van der Waals surface area contributed by atoms with E-state index in [-0.39, 0.29) is 29.9 Å². The molecule has 3 aromatic rings. The maximum atomic E-state index is 12.8. The molecule has 10 nitrogen and oxygen atoms in total. The molecular formula is C27H34N6O4S. The number of ether oxygens (including phenoxy) is 1. The topological polar surface area (TPSA) is 155 Å². The normalized spacial score (nSPS) is 16.2. The van der Waals surface area contributed by atoms with Crippen LogP contribution in [0.1, 0.15) is 43.2 Å². The van der Waals surface area contributed by atoms with Crippen LogP contribution in [0.15, 0.2) is 60.9 Å². The summed E-state index contributed by atoms with van der Waals surface area (Å²) in [6.07, 6.45) is 4.62. The summed E-state index contributed by atoms with van der Waals surface area (Å²) in [5.41, 5.74) is 7.33. The Morgan fingerprint density at radius 2 is 1.82 bits per heavy atom. The molecule has 1 atom stereocenters. The van der Waals surface area contributed by atoms with Gasteiger partial charge in [-0.15, -0.1) is 0 Å². The smallest absolute Gasteiger partial charge is 0.214 e. The number of aliphatic hydroxyl groups excluding tert-OH is 1. The van der Waals surface area contributed by atoms with Crippen molar-refractivity contribution in [2.75, 3.05) is 36.5 Å². The Balaban J connectivity index is 1.45. The molecular weight excluding hydrogens is 504 g/mol. The number of piperidine rings is 1. The number of anilines is 2. The highest BCUT2D eigenvalue weighted by atomic mass is 32.2. The number of aromatic nitrogens is 2. The monoisotopic (exact) mass is 538 g/mol. The molecule has 0 amide bonds. The second-order valence-corrected chi connectivity index (χ2v) is 11.3. The number of hydrogen-bond donors (Lipinski definition) is 4. The van der Waals surface area contributed by atoms with Crippen molar-refractivity contribution in [3.8, 4) is 11.5 Å². The Morgan fingerprint density at radius 1 is 1.08 bits per heavy atom. The molecule has 1 aromatic heterocycles. The van der Waals surface area contributed by atoms with Gasteiger partial charge in [0, 0.05) is 31.3 Å². The third-order valence-corrected chi connectivity index (χ3v) is 8.35. The van der Waals surface area contributed by atoms with E-state index in [1.54, 1.807) is 24.3 Å². The highest BCUT2D eigenvalue weighted by molar-refractivity contribution is 7.89. The van der Waals surface area contributed by atoms with Gasteiger partial charge < -0.3 is 20.9 Å². The van der Waals surface area contributed by atoms with Crippen molar-refractivity contribution >= 4 is 27.4 Å². The predicted octanol–water partition coefficient (Wildman–Crippen LogP) is 3.64. The molecule has 2 aromatic carbocycles. The van der Waals surface area contributed by atoms with Crippen LogP contribution in [0, 0.1) is 5.41 Å². The van der Waals surface area contributed by atoms with E-state index in [0.29, 0.717) is 61.5 Å². The van der Waals surface area contributed by atoms with Crippen molar-refractivity contribution in [3.05, 3.63) is 72.1 Å². The van der Waals surface area contributed by atoms with Crippen LogP contribution in [0.3, 0.4) is 0 Å². The van der Waals surface area contributed by atoms with Crippen molar-refractivity contribution < 1.29 is 18.3 Å². The SMILES string of the molecule is N=C(c1ccc(Oc2ccccc2)cc1)c1c(N)ncnc1NC1CCCN(S(=O)(=O)CCCCCO)C1. The van der Waals surface area contributed by atoms with Gasteiger partial charge in [0.25, 0.3) is 0 Å². The van der Waals surface area contributed by atoms with Gasteiger partial charge in [-0.3, -0.25) is 5.41 Å². The van der Waals surface area contributed by atoms with Crippen LogP contribution in [0.4, 0.5) is 11.6 Å². The average Bonchev–Trinajstić information content (AvgIpc) is 2.92. The van der Waals surface area contributed by atoms with Gasteiger partial charge in [0.2, 0.25) is 10.0 Å². The molecule has 2 heterocycles. The number of aliphatic hydroxyl groups is 1. The van der Waals surface area contributed by atoms with E-state index in [9.17, 15) is 8.42 Å². The van der Waals surface area contributed by atoms with Crippen LogP contribution in [-0.2, 0) is 10.0 Å². The lowest BCUT2D eigenvalue weighted by Crippen LogP contribution is -2.46. The van der Waals surface area contributed by atoms with E-state index >= 15 is 0 Å². The van der Waals surface area contributed by atoms with Crippen molar-refractivity contribution in [1.82, 2.24) is 14.3 Å². The highest BCUT2D eigenvalue weighted by Crippen LogP contribution is 2.27. The van der Waals surface area contributed by atoms with Gasteiger partial charge in [0.1, 0.15) is 29.5 Å². The highest BCUT2D eigenvalue weighted by Gasteiger charge is 2.29. The van der Waals surface area contributed by atoms with Crippen LogP contribution in [-0.4, -0.2) is 65.0 Å². The van der Waals surface area contributed by atoms with Gasteiger partial charge in [-0.2, -0.15) is 4.31 Å². The molecule has 0 bridgehead atoms. The fourth-order valence-corrected chi connectivity index (χ4v) is 6.06. The molecule has 0 spiro atoms. The third-order valence-electron chi connectivity index (χ3n) is 6.43. The molecule has 1 aliphatic rings. The van der Waals surface area contributed by atoms with Gasteiger partial charge in [0.05, 0.1) is 17.0 Å². The number of rotatable bonds is 12. The Morgan fingerprint density at radius 3 is 2.55 bits per heavy atom. The quantitative estimate of drug-likeness (QED) is 0.201. The van der Waals surface area contributed by atoms with E-state index in [1.807, 2.05) is 30.3 Å². The van der Waals surface area contributed by atoms with Crippen LogP contribution in [0.2, 0.25) is 0 Å². The van der Waals surface area contributed by atoms with Crippen LogP contribution in [0.25, 0.3) is 0 Å². The van der Waals surface area contributed by atoms with Crippen molar-refractivity contribution in [3.63, 3.8) is 0 Å². The van der Waals surface area contributed by atoms with Gasteiger partial charge >= 0.3 is 0 Å². The molecule has 0 radical (unpaired) electrons. The van der Waals surface area contributed by atoms with E-state index in [0.717, 1.165) is 12.2 Å². The number of para-hydroxylation sites is 1. The summed E-state index contributed by atoms with van der Waals surface area (Å²) in [4.78, 5) is 8.44. The molecule has 0 saturated carbocycles. The average molecular weight is 539 g/mol. The minimum Gasteiger partial charge on any atom is -0.457 e. The standard InChI is InChI=1S/C27H34N6O4S/c28-25(20-11-13-23(14-12-20)37-22-9-3-1-4-10-22)24-26(29)30-19-31-27(24)32-21-8-7-15-33(18-21)38(35,36)17-6-2-5-16-34/h1,3-4,9-14,19,21,28,34H,2,5-8,15-18H2,(H3,29,30,31,32). The lowest BCUT2D eigenvalue weighted by molar-refractivity contribution is 0.283. The Labute approximate surface area is 223 Å². The molecule has 11 heteroatoms. The van der Waals surface area contributed by atoms with Crippen LogP contribution >= 0.6 is 0 Å². The molecule has 5 N–H and O–H groups in total. The summed E-state index contributed by atoms with van der Waals surface area (Å²) < 4.78 is 33.1.